The molecule has 0 unspecified atom stereocenters. The van der Waals surface area contributed by atoms with E-state index >= 15 is 0 Å². The quantitative estimate of drug-likeness (QED) is 0.180. The molecule has 1 aliphatic heterocycles. The minimum Gasteiger partial charge on any atom is -0.625 e. The molecule has 0 spiro atoms. The van der Waals surface area contributed by atoms with Crippen LogP contribution in [-0.2, 0) is 32.6 Å². The molecule has 0 saturated carbocycles. The minimum atomic E-state index is -4.78. The SMILES string of the molecule is C[C@@]1(C(=O)[N-]c2ccc(Cl)cc2C(=N[C@H](CC(F)(F)F)C(=O)O)c2ccccc2)CCCN1Cc1ccc(Cl)c(Cl)c1.[Ni]. The molecule has 2 atom stereocenters. The molecule has 1 fully saturated rings. The summed E-state index contributed by atoms with van der Waals surface area (Å²) in [5.41, 5.74) is 0.364. The second-order valence-electron chi connectivity index (χ2n) is 10.1. The number of likely N-dealkylation sites (tertiary alicyclic amines) is 1. The topological polar surface area (TPSA) is 84.1 Å². The zero-order chi connectivity index (χ0) is 30.7. The number of aliphatic imine (C=N–C) groups is 1. The van der Waals surface area contributed by atoms with Gasteiger partial charge in [0.2, 0.25) is 0 Å². The van der Waals surface area contributed by atoms with Crippen molar-refractivity contribution in [3.63, 3.8) is 0 Å². The van der Waals surface area contributed by atoms with Crippen molar-refractivity contribution < 1.29 is 44.4 Å². The number of hydrogen-bond donors (Lipinski definition) is 1. The van der Waals surface area contributed by atoms with Crippen molar-refractivity contribution in [2.45, 2.75) is 50.5 Å². The van der Waals surface area contributed by atoms with Crippen molar-refractivity contribution in [1.29, 1.82) is 0 Å². The van der Waals surface area contributed by atoms with E-state index in [1.54, 1.807) is 49.4 Å². The van der Waals surface area contributed by atoms with Gasteiger partial charge in [0, 0.05) is 33.6 Å². The van der Waals surface area contributed by atoms with Crippen LogP contribution < -0.4 is 0 Å². The number of nitrogens with zero attached hydrogens (tertiary/aromatic N) is 3. The van der Waals surface area contributed by atoms with Crippen LogP contribution in [0.15, 0.2) is 71.7 Å². The Hall–Kier alpha value is -2.62. The molecule has 0 bridgehead atoms. The second-order valence-corrected chi connectivity index (χ2v) is 11.4. The molecule has 13 heteroatoms. The normalized spacial score (nSPS) is 18.2. The van der Waals surface area contributed by atoms with E-state index in [1.165, 1.54) is 18.2 Å². The van der Waals surface area contributed by atoms with Gasteiger partial charge >= 0.3 is 12.1 Å². The summed E-state index contributed by atoms with van der Waals surface area (Å²) in [5.74, 6) is -2.21. The summed E-state index contributed by atoms with van der Waals surface area (Å²) in [6.45, 7) is 2.82. The van der Waals surface area contributed by atoms with Crippen LogP contribution in [0, 0.1) is 0 Å². The number of carbonyl (C=O) groups is 2. The number of amides is 1. The van der Waals surface area contributed by atoms with Crippen LogP contribution in [0.4, 0.5) is 18.9 Å². The zero-order valence-corrected chi connectivity index (χ0v) is 25.9. The van der Waals surface area contributed by atoms with Gasteiger partial charge in [-0.1, -0.05) is 77.3 Å². The molecule has 6 nitrogen and oxygen atoms in total. The number of carboxylic acids is 1. The molecule has 1 saturated heterocycles. The molecule has 0 aliphatic carbocycles. The smallest absolute Gasteiger partial charge is 0.391 e. The fourth-order valence-electron chi connectivity index (χ4n) is 4.86. The maximum atomic E-state index is 13.8. The van der Waals surface area contributed by atoms with E-state index in [4.69, 9.17) is 34.8 Å². The first-order valence-electron chi connectivity index (χ1n) is 12.9. The van der Waals surface area contributed by atoms with Gasteiger partial charge < -0.3 is 15.2 Å². The summed E-state index contributed by atoms with van der Waals surface area (Å²) in [6, 6.07) is 15.6. The number of carboxylic acid groups (broad SMARTS) is 1. The summed E-state index contributed by atoms with van der Waals surface area (Å²) in [4.78, 5) is 31.7. The van der Waals surface area contributed by atoms with E-state index in [0.29, 0.717) is 35.1 Å². The Morgan fingerprint density at radius 2 is 1.74 bits per heavy atom. The molecule has 232 valence electrons. The van der Waals surface area contributed by atoms with Crippen LogP contribution in [0.5, 0.6) is 0 Å². The van der Waals surface area contributed by atoms with Gasteiger partial charge in [-0.25, -0.2) is 4.79 Å². The molecular weight excluding hydrogens is 672 g/mol. The zero-order valence-electron chi connectivity index (χ0n) is 22.7. The van der Waals surface area contributed by atoms with E-state index < -0.39 is 36.1 Å². The second kappa shape index (κ2) is 14.4. The molecule has 1 heterocycles. The monoisotopic (exact) mass is 696 g/mol. The number of aliphatic carboxylic acids is 1. The summed E-state index contributed by atoms with van der Waals surface area (Å²) < 4.78 is 39.8. The van der Waals surface area contributed by atoms with Gasteiger partial charge in [0.25, 0.3) is 0 Å². The number of carbonyl (C=O) groups excluding carboxylic acids is 1. The molecule has 0 radical (unpaired) electrons. The number of halogens is 6. The van der Waals surface area contributed by atoms with Crippen LogP contribution in [0.25, 0.3) is 5.32 Å². The predicted molar refractivity (Wildman–Crippen MR) is 158 cm³/mol. The van der Waals surface area contributed by atoms with Gasteiger partial charge in [-0.2, -0.15) is 13.2 Å². The largest absolute Gasteiger partial charge is 0.625 e. The first-order valence-corrected chi connectivity index (χ1v) is 14.1. The molecule has 3 aromatic rings. The third-order valence-corrected chi connectivity index (χ3v) is 8.06. The molecule has 4 rings (SSSR count). The molecular formula is C30H26Cl3F3N3NiO3-. The third-order valence-electron chi connectivity index (χ3n) is 7.09. The number of hydrogen-bond acceptors (Lipinski definition) is 4. The fraction of sp³-hybridized carbons (Fsp3) is 0.300. The Morgan fingerprint density at radius 1 is 1.05 bits per heavy atom. The van der Waals surface area contributed by atoms with Gasteiger partial charge in [-0.15, -0.1) is 5.69 Å². The Bertz CT molecular complexity index is 1510. The van der Waals surface area contributed by atoms with E-state index in [-0.39, 0.29) is 38.5 Å². The van der Waals surface area contributed by atoms with Gasteiger partial charge in [0.05, 0.1) is 33.6 Å². The molecule has 1 aliphatic rings. The van der Waals surface area contributed by atoms with E-state index in [2.05, 4.69) is 10.3 Å². The Morgan fingerprint density at radius 3 is 2.37 bits per heavy atom. The Labute approximate surface area is 272 Å². The molecule has 43 heavy (non-hydrogen) atoms. The van der Waals surface area contributed by atoms with Gasteiger partial charge in [0.15, 0.2) is 6.04 Å². The maximum Gasteiger partial charge on any atom is 0.391 e. The summed E-state index contributed by atoms with van der Waals surface area (Å²) in [5, 5.41) is 15.0. The van der Waals surface area contributed by atoms with E-state index in [1.807, 2.05) is 11.0 Å². The van der Waals surface area contributed by atoms with Crippen molar-refractivity contribution in [2.24, 2.45) is 4.99 Å². The van der Waals surface area contributed by atoms with Crippen molar-refractivity contribution in [2.75, 3.05) is 6.54 Å². The third kappa shape index (κ3) is 8.73. The van der Waals surface area contributed by atoms with Crippen LogP contribution in [-0.4, -0.2) is 51.9 Å². The van der Waals surface area contributed by atoms with E-state index in [9.17, 15) is 27.9 Å². The average Bonchev–Trinajstić information content (AvgIpc) is 3.30. The van der Waals surface area contributed by atoms with Crippen LogP contribution in [0.2, 0.25) is 15.1 Å². The summed E-state index contributed by atoms with van der Waals surface area (Å²) in [7, 11) is 0. The van der Waals surface area contributed by atoms with Crippen LogP contribution >= 0.6 is 34.8 Å². The van der Waals surface area contributed by atoms with Crippen molar-refractivity contribution >= 4 is 58.1 Å². The Kier molecular flexibility index (Phi) is 11.7. The van der Waals surface area contributed by atoms with Gasteiger partial charge in [-0.3, -0.25) is 9.89 Å². The first kappa shape index (κ1) is 34.9. The molecule has 1 N–H and O–H groups in total. The summed E-state index contributed by atoms with van der Waals surface area (Å²) in [6.07, 6.45) is -5.19. The van der Waals surface area contributed by atoms with Crippen LogP contribution in [0.1, 0.15) is 42.9 Å². The Balaban J connectivity index is 0.00000506. The maximum absolute atomic E-state index is 13.8. The first-order chi connectivity index (χ1) is 19.8. The number of rotatable bonds is 9. The number of alkyl halides is 3. The van der Waals surface area contributed by atoms with E-state index in [0.717, 1.165) is 12.0 Å². The summed E-state index contributed by atoms with van der Waals surface area (Å²) >= 11 is 18.5. The molecule has 3 aromatic carbocycles. The van der Waals surface area contributed by atoms with Gasteiger partial charge in [0.1, 0.15) is 0 Å². The van der Waals surface area contributed by atoms with Crippen molar-refractivity contribution in [3.05, 3.63) is 104 Å². The molecule has 1 amide bonds. The molecule has 0 aromatic heterocycles. The number of benzene rings is 3. The van der Waals surface area contributed by atoms with Crippen molar-refractivity contribution in [3.8, 4) is 0 Å². The predicted octanol–water partition coefficient (Wildman–Crippen LogP) is 8.47. The average molecular weight is 699 g/mol. The standard InChI is InChI=1S/C30H27Cl3F3N3O3.Ni/c1-29(12-5-13-39(29)17-18-8-10-22(32)23(33)14-18)28(42)38-24-11-9-20(31)15-21(24)26(19-6-3-2-4-7-19)37-25(27(40)41)16-30(34,35)36;/h2-4,6-11,14-15,25H,5,12-13,16-17H2,1H3,(H2,37,38,40,41,42);/p-1/t25-,29+;/m1./s1. The minimum absolute atomic E-state index is 0. The van der Waals surface area contributed by atoms with Crippen LogP contribution in [0.3, 0.4) is 0 Å². The van der Waals surface area contributed by atoms with Gasteiger partial charge in [-0.05, 0) is 61.7 Å². The van der Waals surface area contributed by atoms with Crippen molar-refractivity contribution in [1.82, 2.24) is 4.90 Å². The fourth-order valence-corrected chi connectivity index (χ4v) is 5.35.